The highest BCUT2D eigenvalue weighted by Crippen LogP contribution is 2.32. The molecule has 136 valence electrons. The Bertz CT molecular complexity index is 992. The minimum atomic E-state index is -0.562. The quantitative estimate of drug-likeness (QED) is 0.351. The van der Waals surface area contributed by atoms with E-state index in [1.807, 2.05) is 0 Å². The van der Waals surface area contributed by atoms with E-state index in [2.05, 4.69) is 5.43 Å². The number of carbonyl (C=O) groups is 2. The lowest BCUT2D eigenvalue weighted by Gasteiger charge is -2.16. The van der Waals surface area contributed by atoms with E-state index in [0.717, 1.165) is 16.8 Å². The monoisotopic (exact) mass is 419 g/mol. The molecule has 0 aliphatic carbocycles. The first-order valence-corrected chi connectivity index (χ1v) is 9.05. The number of carbonyl (C=O) groups excluding carboxylic acids is 2. The normalized spacial score (nSPS) is 15.3. The zero-order valence-electron chi connectivity index (χ0n) is 13.4. The van der Waals surface area contributed by atoms with E-state index in [9.17, 15) is 19.7 Å². The topological polar surface area (TPSA) is 92.6 Å². The lowest BCUT2D eigenvalue weighted by molar-refractivity contribution is -0.384. The molecule has 0 unspecified atom stereocenters. The van der Waals surface area contributed by atoms with Crippen LogP contribution in [0.15, 0.2) is 53.4 Å². The van der Waals surface area contributed by atoms with Gasteiger partial charge in [-0.25, -0.2) is 0 Å². The number of nitro groups is 1. The van der Waals surface area contributed by atoms with Crippen LogP contribution in [0.2, 0.25) is 5.02 Å². The van der Waals surface area contributed by atoms with Gasteiger partial charge in [-0.2, -0.15) is 5.01 Å². The largest absolute Gasteiger partial charge is 0.285 e. The molecule has 1 aliphatic heterocycles. The lowest BCUT2D eigenvalue weighted by Crippen LogP contribution is -2.44. The van der Waals surface area contributed by atoms with Crippen molar-refractivity contribution in [3.63, 3.8) is 0 Å². The second-order valence-corrected chi connectivity index (χ2v) is 7.37. The Labute approximate surface area is 168 Å². The molecule has 0 saturated carbocycles. The summed E-state index contributed by atoms with van der Waals surface area (Å²) in [5, 5.41) is 11.9. The molecule has 1 aliphatic rings. The summed E-state index contributed by atoms with van der Waals surface area (Å²) in [7, 11) is 0. The van der Waals surface area contributed by atoms with Crippen molar-refractivity contribution >= 4 is 63.5 Å². The van der Waals surface area contributed by atoms with E-state index in [-0.39, 0.29) is 25.5 Å². The van der Waals surface area contributed by atoms with Gasteiger partial charge < -0.3 is 0 Å². The zero-order valence-corrected chi connectivity index (χ0v) is 15.8. The molecule has 0 spiro atoms. The fraction of sp³-hybridized carbons (Fsp3) is 0. The molecule has 27 heavy (non-hydrogen) atoms. The molecule has 2 aromatic carbocycles. The molecule has 1 N–H and O–H groups in total. The van der Waals surface area contributed by atoms with E-state index in [1.165, 1.54) is 30.3 Å². The van der Waals surface area contributed by atoms with Crippen LogP contribution in [0.4, 0.5) is 5.69 Å². The van der Waals surface area contributed by atoms with E-state index in [1.54, 1.807) is 24.3 Å². The fourth-order valence-corrected chi connectivity index (χ4v) is 3.62. The molecule has 10 heteroatoms. The van der Waals surface area contributed by atoms with Crippen molar-refractivity contribution in [3.05, 3.63) is 79.7 Å². The van der Waals surface area contributed by atoms with Crippen molar-refractivity contribution in [2.75, 3.05) is 0 Å². The van der Waals surface area contributed by atoms with Crippen LogP contribution in [-0.2, 0) is 4.79 Å². The summed E-state index contributed by atoms with van der Waals surface area (Å²) in [5.74, 6) is -1.06. The Morgan fingerprint density at radius 2 is 1.89 bits per heavy atom. The molecule has 0 aromatic heterocycles. The predicted molar refractivity (Wildman–Crippen MR) is 107 cm³/mol. The van der Waals surface area contributed by atoms with Gasteiger partial charge in [0.1, 0.15) is 0 Å². The maximum atomic E-state index is 12.5. The zero-order chi connectivity index (χ0) is 19.6. The summed E-state index contributed by atoms with van der Waals surface area (Å²) >= 11 is 12.2. The lowest BCUT2D eigenvalue weighted by atomic mass is 10.2. The minimum absolute atomic E-state index is 0.0493. The molecular formula is C17H10ClN3O4S2. The number of nitrogens with zero attached hydrogens (tertiary/aromatic N) is 2. The highest BCUT2D eigenvalue weighted by molar-refractivity contribution is 8.26. The number of non-ortho nitro benzene ring substituents is 1. The summed E-state index contributed by atoms with van der Waals surface area (Å²) in [6.07, 6.45) is 1.55. The SMILES string of the molecule is O=C(NN1C(=O)/C(=C/c2ccc([N+](=O)[O-])cc2)SC1=S)c1ccccc1Cl. The summed E-state index contributed by atoms with van der Waals surface area (Å²) in [6, 6.07) is 12.2. The molecule has 3 rings (SSSR count). The summed E-state index contributed by atoms with van der Waals surface area (Å²) in [4.78, 5) is 35.4. The Morgan fingerprint density at radius 3 is 2.52 bits per heavy atom. The summed E-state index contributed by atoms with van der Waals surface area (Å²) in [6.45, 7) is 0. The maximum absolute atomic E-state index is 12.5. The minimum Gasteiger partial charge on any atom is -0.267 e. The van der Waals surface area contributed by atoms with Crippen molar-refractivity contribution in [1.29, 1.82) is 0 Å². The number of amides is 2. The number of benzene rings is 2. The van der Waals surface area contributed by atoms with Gasteiger partial charge in [0.05, 0.1) is 20.4 Å². The maximum Gasteiger partial charge on any atom is 0.285 e. The predicted octanol–water partition coefficient (Wildman–Crippen LogP) is 3.79. The first kappa shape index (κ1) is 19.0. The molecule has 1 saturated heterocycles. The van der Waals surface area contributed by atoms with Crippen molar-refractivity contribution in [3.8, 4) is 0 Å². The number of rotatable bonds is 4. The molecular weight excluding hydrogens is 410 g/mol. The van der Waals surface area contributed by atoms with Crippen LogP contribution < -0.4 is 5.43 Å². The highest BCUT2D eigenvalue weighted by atomic mass is 35.5. The van der Waals surface area contributed by atoms with Gasteiger partial charge >= 0.3 is 0 Å². The Hall–Kier alpha value is -2.75. The van der Waals surface area contributed by atoms with Gasteiger partial charge in [0.2, 0.25) is 0 Å². The van der Waals surface area contributed by atoms with Crippen LogP contribution in [0.1, 0.15) is 15.9 Å². The van der Waals surface area contributed by atoms with Crippen LogP contribution in [0.25, 0.3) is 6.08 Å². The third kappa shape index (κ3) is 4.16. The fourth-order valence-electron chi connectivity index (χ4n) is 2.21. The van der Waals surface area contributed by atoms with E-state index < -0.39 is 16.7 Å². The molecule has 2 aromatic rings. The average Bonchev–Trinajstić information content (AvgIpc) is 2.90. The number of thioether (sulfide) groups is 1. The van der Waals surface area contributed by atoms with Gasteiger partial charge in [0, 0.05) is 12.1 Å². The first-order chi connectivity index (χ1) is 12.9. The number of hydrogen-bond acceptors (Lipinski definition) is 6. The van der Waals surface area contributed by atoms with Crippen LogP contribution >= 0.6 is 35.6 Å². The molecule has 0 radical (unpaired) electrons. The van der Waals surface area contributed by atoms with Gasteiger partial charge in [0.15, 0.2) is 4.32 Å². The molecule has 1 heterocycles. The van der Waals surface area contributed by atoms with Crippen LogP contribution in [0.5, 0.6) is 0 Å². The number of thiocarbonyl (C=S) groups is 1. The number of hydrogen-bond donors (Lipinski definition) is 1. The van der Waals surface area contributed by atoms with E-state index in [4.69, 9.17) is 23.8 Å². The first-order valence-electron chi connectivity index (χ1n) is 7.45. The second kappa shape index (κ2) is 7.87. The molecule has 2 amide bonds. The van der Waals surface area contributed by atoms with Crippen LogP contribution in [-0.4, -0.2) is 26.1 Å². The van der Waals surface area contributed by atoms with Crippen LogP contribution in [0.3, 0.4) is 0 Å². The second-order valence-electron chi connectivity index (χ2n) is 5.29. The Kier molecular flexibility index (Phi) is 5.54. The van der Waals surface area contributed by atoms with Crippen molar-refractivity contribution < 1.29 is 14.5 Å². The number of hydrazine groups is 1. The van der Waals surface area contributed by atoms with Crippen molar-refractivity contribution in [1.82, 2.24) is 10.4 Å². The number of nitro benzene ring substituents is 1. The molecule has 1 fully saturated rings. The van der Waals surface area contributed by atoms with Gasteiger partial charge in [0.25, 0.3) is 17.5 Å². The smallest absolute Gasteiger partial charge is 0.267 e. The number of nitrogens with one attached hydrogen (secondary N) is 1. The highest BCUT2D eigenvalue weighted by Gasteiger charge is 2.34. The molecule has 7 nitrogen and oxygen atoms in total. The van der Waals surface area contributed by atoms with E-state index in [0.29, 0.717) is 5.56 Å². The van der Waals surface area contributed by atoms with Gasteiger partial charge in [-0.3, -0.25) is 25.1 Å². The summed E-state index contributed by atoms with van der Waals surface area (Å²) in [5.41, 5.74) is 3.21. The standard InChI is InChI=1S/C17H10ClN3O4S2/c18-13-4-2-1-3-12(13)15(22)19-20-16(23)14(27-17(20)26)9-10-5-7-11(8-6-10)21(24)25/h1-9H,(H,19,22)/b14-9-. The van der Waals surface area contributed by atoms with Gasteiger partial charge in [-0.1, -0.05) is 35.5 Å². The Balaban J connectivity index is 1.77. The Morgan fingerprint density at radius 1 is 1.22 bits per heavy atom. The van der Waals surface area contributed by atoms with Crippen molar-refractivity contribution in [2.45, 2.75) is 0 Å². The van der Waals surface area contributed by atoms with Gasteiger partial charge in [-0.05, 0) is 48.1 Å². The molecule has 0 atom stereocenters. The third-order valence-corrected chi connectivity index (χ3v) is 5.16. The average molecular weight is 420 g/mol. The summed E-state index contributed by atoms with van der Waals surface area (Å²) < 4.78 is 0.161. The van der Waals surface area contributed by atoms with E-state index >= 15 is 0 Å². The number of halogens is 1. The van der Waals surface area contributed by atoms with Crippen molar-refractivity contribution in [2.24, 2.45) is 0 Å². The van der Waals surface area contributed by atoms with Gasteiger partial charge in [-0.15, -0.1) is 0 Å². The van der Waals surface area contributed by atoms with Crippen LogP contribution in [0, 0.1) is 10.1 Å². The molecule has 0 bridgehead atoms. The third-order valence-electron chi connectivity index (χ3n) is 3.53.